The fourth-order valence-electron chi connectivity index (χ4n) is 2.08. The number of hydrogen-bond donors (Lipinski definition) is 1. The third-order valence-corrected chi connectivity index (χ3v) is 3.12. The Kier molecular flexibility index (Phi) is 5.10. The highest BCUT2D eigenvalue weighted by molar-refractivity contribution is 5.96. The molecule has 0 aliphatic carbocycles. The number of ether oxygens (including phenoxy) is 3. The lowest BCUT2D eigenvalue weighted by Crippen LogP contribution is -2.52. The molecule has 1 aliphatic rings. The Labute approximate surface area is 106 Å². The van der Waals surface area contributed by atoms with Gasteiger partial charge in [-0.15, -0.1) is 0 Å². The molecule has 104 valence electrons. The Morgan fingerprint density at radius 3 is 2.17 bits per heavy atom. The molecule has 0 aromatic rings. The minimum Gasteiger partial charge on any atom is -0.465 e. The van der Waals surface area contributed by atoms with Crippen molar-refractivity contribution in [1.82, 2.24) is 0 Å². The van der Waals surface area contributed by atoms with Crippen LogP contribution in [0.3, 0.4) is 0 Å². The first-order chi connectivity index (χ1) is 8.47. The summed E-state index contributed by atoms with van der Waals surface area (Å²) in [5.74, 6) is -2.89. The van der Waals surface area contributed by atoms with Gasteiger partial charge in [-0.2, -0.15) is 0 Å². The van der Waals surface area contributed by atoms with Crippen molar-refractivity contribution in [3.8, 4) is 0 Å². The smallest absolute Gasteiger partial charge is 0.323 e. The number of hydrogen-bond acceptors (Lipinski definition) is 6. The Hall–Kier alpha value is -1.14. The molecule has 1 N–H and O–H groups in total. The zero-order valence-electron chi connectivity index (χ0n) is 11.0. The number of rotatable bonds is 5. The van der Waals surface area contributed by atoms with E-state index in [0.29, 0.717) is 6.61 Å². The first-order valence-electron chi connectivity index (χ1n) is 6.14. The minimum atomic E-state index is -1.56. The molecule has 0 aromatic carbocycles. The zero-order valence-corrected chi connectivity index (χ0v) is 11.0. The molecule has 0 saturated carbocycles. The van der Waals surface area contributed by atoms with Gasteiger partial charge in [-0.05, 0) is 20.8 Å². The van der Waals surface area contributed by atoms with Crippen LogP contribution < -0.4 is 0 Å². The molecule has 0 spiro atoms. The van der Waals surface area contributed by atoms with Gasteiger partial charge in [-0.1, -0.05) is 0 Å². The molecule has 6 heteroatoms. The van der Waals surface area contributed by atoms with Crippen molar-refractivity contribution in [3.05, 3.63) is 0 Å². The van der Waals surface area contributed by atoms with Gasteiger partial charge < -0.3 is 19.3 Å². The Balaban J connectivity index is 2.96. The molecule has 2 unspecified atom stereocenters. The van der Waals surface area contributed by atoms with Gasteiger partial charge >= 0.3 is 11.9 Å². The van der Waals surface area contributed by atoms with Crippen LogP contribution in [0.2, 0.25) is 0 Å². The summed E-state index contributed by atoms with van der Waals surface area (Å²) in [5.41, 5.74) is -1.56. The molecule has 1 saturated heterocycles. The molecule has 1 fully saturated rings. The van der Waals surface area contributed by atoms with Crippen LogP contribution in [-0.2, 0) is 23.8 Å². The predicted molar refractivity (Wildman–Crippen MR) is 61.7 cm³/mol. The monoisotopic (exact) mass is 260 g/mol. The van der Waals surface area contributed by atoms with E-state index in [4.69, 9.17) is 14.2 Å². The molecule has 6 nitrogen and oxygen atoms in total. The van der Waals surface area contributed by atoms with Gasteiger partial charge in [-0.25, -0.2) is 0 Å². The molecule has 1 aliphatic heterocycles. The fourth-order valence-corrected chi connectivity index (χ4v) is 2.08. The number of carbonyl (C=O) groups excluding carboxylic acids is 2. The summed E-state index contributed by atoms with van der Waals surface area (Å²) < 4.78 is 14.9. The van der Waals surface area contributed by atoms with Crippen LogP contribution in [0.15, 0.2) is 0 Å². The molecular weight excluding hydrogens is 240 g/mol. The molecule has 0 bridgehead atoms. The Bertz CT molecular complexity index is 298. The second kappa shape index (κ2) is 6.15. The maximum absolute atomic E-state index is 11.9. The summed E-state index contributed by atoms with van der Waals surface area (Å²) in [6.45, 7) is 5.48. The van der Waals surface area contributed by atoms with Crippen LogP contribution in [-0.4, -0.2) is 48.6 Å². The molecule has 1 rings (SSSR count). The van der Waals surface area contributed by atoms with Crippen molar-refractivity contribution < 1.29 is 28.9 Å². The number of carbonyl (C=O) groups is 2. The van der Waals surface area contributed by atoms with E-state index in [1.807, 2.05) is 0 Å². The summed E-state index contributed by atoms with van der Waals surface area (Å²) in [6, 6.07) is 0. The van der Waals surface area contributed by atoms with Gasteiger partial charge in [-0.3, -0.25) is 9.59 Å². The minimum absolute atomic E-state index is 0.139. The lowest BCUT2D eigenvalue weighted by molar-refractivity contribution is -0.178. The lowest BCUT2D eigenvalue weighted by atomic mass is 9.82. The highest BCUT2D eigenvalue weighted by Gasteiger charge is 2.54. The Morgan fingerprint density at radius 2 is 1.83 bits per heavy atom. The van der Waals surface area contributed by atoms with Crippen molar-refractivity contribution in [1.29, 1.82) is 0 Å². The molecule has 18 heavy (non-hydrogen) atoms. The largest absolute Gasteiger partial charge is 0.465 e. The van der Waals surface area contributed by atoms with Crippen molar-refractivity contribution in [2.75, 3.05) is 19.8 Å². The van der Waals surface area contributed by atoms with Crippen molar-refractivity contribution in [2.45, 2.75) is 38.9 Å². The number of aliphatic hydroxyl groups is 1. The molecule has 0 amide bonds. The van der Waals surface area contributed by atoms with Gasteiger partial charge in [0.25, 0.3) is 0 Å². The van der Waals surface area contributed by atoms with E-state index < -0.39 is 29.6 Å². The van der Waals surface area contributed by atoms with Gasteiger partial charge in [0.15, 0.2) is 5.92 Å². The van der Waals surface area contributed by atoms with E-state index in [9.17, 15) is 14.7 Å². The molecular formula is C12H20O6. The van der Waals surface area contributed by atoms with Crippen LogP contribution in [0.25, 0.3) is 0 Å². The normalized spacial score (nSPS) is 27.3. The average molecular weight is 260 g/mol. The standard InChI is InChI=1S/C12H20O6/c1-4-16-10(13)9(11(14)17-5-2)12(15)6-7-18-8(12)3/h8-9,15H,4-7H2,1-3H3. The first kappa shape index (κ1) is 14.9. The fraction of sp³-hybridized carbons (Fsp3) is 0.833. The maximum Gasteiger partial charge on any atom is 0.323 e. The summed E-state index contributed by atoms with van der Waals surface area (Å²) in [4.78, 5) is 23.7. The predicted octanol–water partition coefficient (Wildman–Crippen LogP) is 0.269. The second-order valence-corrected chi connectivity index (χ2v) is 4.19. The first-order valence-corrected chi connectivity index (χ1v) is 6.14. The molecule has 0 radical (unpaired) electrons. The van der Waals surface area contributed by atoms with Crippen LogP contribution in [0.4, 0.5) is 0 Å². The third kappa shape index (κ3) is 2.81. The molecule has 0 aromatic heterocycles. The second-order valence-electron chi connectivity index (χ2n) is 4.19. The van der Waals surface area contributed by atoms with Crippen LogP contribution in [0.1, 0.15) is 27.2 Å². The van der Waals surface area contributed by atoms with Crippen molar-refractivity contribution in [2.24, 2.45) is 5.92 Å². The third-order valence-electron chi connectivity index (χ3n) is 3.12. The highest BCUT2D eigenvalue weighted by Crippen LogP contribution is 2.34. The summed E-state index contributed by atoms with van der Waals surface area (Å²) in [7, 11) is 0. The summed E-state index contributed by atoms with van der Waals surface area (Å²) >= 11 is 0. The lowest BCUT2D eigenvalue weighted by Gasteiger charge is -2.31. The van der Waals surface area contributed by atoms with E-state index in [1.54, 1.807) is 20.8 Å². The average Bonchev–Trinajstić information content (AvgIpc) is 2.60. The van der Waals surface area contributed by atoms with E-state index >= 15 is 0 Å². The van der Waals surface area contributed by atoms with E-state index in [2.05, 4.69) is 0 Å². The topological polar surface area (TPSA) is 82.1 Å². The summed E-state index contributed by atoms with van der Waals surface area (Å²) in [6.07, 6.45) is -0.410. The maximum atomic E-state index is 11.9. The highest BCUT2D eigenvalue weighted by atomic mass is 16.6. The van der Waals surface area contributed by atoms with Gasteiger partial charge in [0.05, 0.1) is 19.3 Å². The van der Waals surface area contributed by atoms with Gasteiger partial charge in [0, 0.05) is 13.0 Å². The molecule has 2 atom stereocenters. The Morgan fingerprint density at radius 1 is 1.33 bits per heavy atom. The van der Waals surface area contributed by atoms with Gasteiger partial charge in [0.2, 0.25) is 0 Å². The van der Waals surface area contributed by atoms with Gasteiger partial charge in [0.1, 0.15) is 5.60 Å². The SMILES string of the molecule is CCOC(=O)C(C(=O)OCC)C1(O)CCOC1C. The quantitative estimate of drug-likeness (QED) is 0.564. The molecule has 1 heterocycles. The van der Waals surface area contributed by atoms with Crippen LogP contribution in [0.5, 0.6) is 0 Å². The van der Waals surface area contributed by atoms with Crippen molar-refractivity contribution >= 4 is 11.9 Å². The van der Waals surface area contributed by atoms with Crippen molar-refractivity contribution in [3.63, 3.8) is 0 Å². The number of esters is 2. The summed E-state index contributed by atoms with van der Waals surface area (Å²) in [5, 5.41) is 10.5. The zero-order chi connectivity index (χ0) is 13.8. The van der Waals surface area contributed by atoms with Crippen LogP contribution >= 0.6 is 0 Å². The van der Waals surface area contributed by atoms with E-state index in [-0.39, 0.29) is 19.6 Å². The van der Waals surface area contributed by atoms with Crippen LogP contribution in [0, 0.1) is 5.92 Å². The van der Waals surface area contributed by atoms with E-state index in [1.165, 1.54) is 0 Å². The van der Waals surface area contributed by atoms with E-state index in [0.717, 1.165) is 0 Å².